The molecule has 0 bridgehead atoms. The molecule has 0 radical (unpaired) electrons. The van der Waals surface area contributed by atoms with Gasteiger partial charge in [-0.1, -0.05) is 5.11 Å². The SMILES string of the molecule is O=C=O.[N-]=[N+]=NCCO[C@@H]1OC[C@@H](O[C@@H]2OC[C@@H](O)[C@H](O[C@H]3OC[C@@H](O)[C@H](O)C3O)C2O)[C@H](O)C1O. The van der Waals surface area contributed by atoms with Crippen LogP contribution in [0.3, 0.4) is 0 Å². The zero-order chi connectivity index (χ0) is 26.8. The molecule has 0 aromatic rings. The van der Waals surface area contributed by atoms with E-state index in [4.69, 9.17) is 43.5 Å². The van der Waals surface area contributed by atoms with Crippen LogP contribution in [0.4, 0.5) is 0 Å². The molecular weight excluding hydrogens is 498 g/mol. The van der Waals surface area contributed by atoms with Crippen LogP contribution in [0.1, 0.15) is 0 Å². The van der Waals surface area contributed by atoms with Crippen LogP contribution in [0.5, 0.6) is 0 Å². The van der Waals surface area contributed by atoms with Gasteiger partial charge in [-0.2, -0.15) is 9.59 Å². The first-order valence-corrected chi connectivity index (χ1v) is 10.7. The topological polar surface area (TPSA) is 280 Å². The minimum absolute atomic E-state index is 0.000317. The highest BCUT2D eigenvalue weighted by atomic mass is 16.7. The fourth-order valence-corrected chi connectivity index (χ4v) is 3.58. The molecular formula is C18H29N3O15. The monoisotopic (exact) mass is 527 g/mol. The lowest BCUT2D eigenvalue weighted by molar-refractivity contribution is -0.352. The summed E-state index contributed by atoms with van der Waals surface area (Å²) >= 11 is 0. The van der Waals surface area contributed by atoms with E-state index >= 15 is 0 Å². The van der Waals surface area contributed by atoms with Crippen molar-refractivity contribution in [3.8, 4) is 0 Å². The Kier molecular flexibility index (Phi) is 12.5. The van der Waals surface area contributed by atoms with Crippen LogP contribution >= 0.6 is 0 Å². The minimum Gasteiger partial charge on any atom is -0.388 e. The molecule has 3 heterocycles. The number of hydrogen-bond donors (Lipinski definition) is 7. The van der Waals surface area contributed by atoms with Crippen LogP contribution < -0.4 is 0 Å². The Morgan fingerprint density at radius 3 is 1.97 bits per heavy atom. The molecule has 0 spiro atoms. The van der Waals surface area contributed by atoms with Crippen molar-refractivity contribution in [2.24, 2.45) is 5.11 Å². The molecule has 7 N–H and O–H groups in total. The molecule has 12 atom stereocenters. The molecule has 18 nitrogen and oxygen atoms in total. The van der Waals surface area contributed by atoms with E-state index < -0.39 is 73.8 Å². The molecule has 18 heteroatoms. The molecule has 0 aromatic heterocycles. The Labute approximate surface area is 203 Å². The Bertz CT molecular complexity index is 751. The first-order chi connectivity index (χ1) is 17.2. The summed E-state index contributed by atoms with van der Waals surface area (Å²) in [7, 11) is 0. The normalized spacial score (nSPS) is 42.9. The summed E-state index contributed by atoms with van der Waals surface area (Å²) in [5.74, 6) is 0. The van der Waals surface area contributed by atoms with E-state index in [9.17, 15) is 35.7 Å². The molecule has 3 fully saturated rings. The molecule has 0 aliphatic carbocycles. The van der Waals surface area contributed by atoms with E-state index in [0.717, 1.165) is 0 Å². The second kappa shape index (κ2) is 14.8. The number of carbonyl (C=O) groups excluding carboxylic acids is 2. The summed E-state index contributed by atoms with van der Waals surface area (Å²) < 4.78 is 31.9. The highest BCUT2D eigenvalue weighted by Crippen LogP contribution is 2.27. The quantitative estimate of drug-likeness (QED) is 0.0674. The third-order valence-electron chi connectivity index (χ3n) is 5.45. The second-order valence-electron chi connectivity index (χ2n) is 7.88. The van der Waals surface area contributed by atoms with Gasteiger partial charge in [-0.15, -0.1) is 0 Å². The minimum atomic E-state index is -1.64. The first-order valence-electron chi connectivity index (χ1n) is 10.7. The predicted octanol–water partition coefficient (Wildman–Crippen LogP) is -4.90. The number of aliphatic hydroxyl groups excluding tert-OH is 7. The molecule has 3 rings (SSSR count). The average Bonchev–Trinajstić information content (AvgIpc) is 2.85. The Balaban J connectivity index is 0.00000145. The van der Waals surface area contributed by atoms with Gasteiger partial charge in [0, 0.05) is 11.5 Å². The lowest BCUT2D eigenvalue weighted by Crippen LogP contribution is -2.62. The van der Waals surface area contributed by atoms with Crippen molar-refractivity contribution in [2.45, 2.75) is 73.8 Å². The smallest absolute Gasteiger partial charge is 0.373 e. The van der Waals surface area contributed by atoms with Crippen LogP contribution in [-0.2, 0) is 38.0 Å². The van der Waals surface area contributed by atoms with Crippen molar-refractivity contribution in [1.29, 1.82) is 0 Å². The molecule has 0 saturated carbocycles. The first kappa shape index (κ1) is 30.4. The van der Waals surface area contributed by atoms with Gasteiger partial charge in [0.2, 0.25) is 0 Å². The van der Waals surface area contributed by atoms with Crippen LogP contribution in [0, 0.1) is 0 Å². The van der Waals surface area contributed by atoms with Gasteiger partial charge in [-0.3, -0.25) is 0 Å². The number of hydrogen-bond acceptors (Lipinski definition) is 16. The lowest BCUT2D eigenvalue weighted by Gasteiger charge is -2.44. The zero-order valence-electron chi connectivity index (χ0n) is 18.7. The van der Waals surface area contributed by atoms with Crippen LogP contribution in [0.25, 0.3) is 10.4 Å². The molecule has 3 aliphatic rings. The molecule has 0 amide bonds. The van der Waals surface area contributed by atoms with Crippen molar-refractivity contribution in [3.05, 3.63) is 10.4 Å². The van der Waals surface area contributed by atoms with Crippen LogP contribution in [-0.4, -0.2) is 149 Å². The van der Waals surface area contributed by atoms with Crippen molar-refractivity contribution >= 4 is 6.15 Å². The highest BCUT2D eigenvalue weighted by molar-refractivity contribution is 5.20. The van der Waals surface area contributed by atoms with Gasteiger partial charge in [0.05, 0.1) is 26.4 Å². The summed E-state index contributed by atoms with van der Waals surface area (Å²) in [6, 6.07) is 0. The van der Waals surface area contributed by atoms with E-state index in [1.54, 1.807) is 0 Å². The predicted molar refractivity (Wildman–Crippen MR) is 106 cm³/mol. The molecule has 3 unspecified atom stereocenters. The molecule has 3 aliphatic heterocycles. The van der Waals surface area contributed by atoms with Gasteiger partial charge in [0.25, 0.3) is 0 Å². The maximum Gasteiger partial charge on any atom is 0.373 e. The summed E-state index contributed by atoms with van der Waals surface area (Å²) in [4.78, 5) is 18.8. The van der Waals surface area contributed by atoms with E-state index in [-0.39, 0.29) is 39.1 Å². The maximum absolute atomic E-state index is 10.6. The highest BCUT2D eigenvalue weighted by Gasteiger charge is 2.48. The van der Waals surface area contributed by atoms with Crippen LogP contribution in [0.15, 0.2) is 5.11 Å². The fraction of sp³-hybridized carbons (Fsp3) is 0.944. The summed E-state index contributed by atoms with van der Waals surface area (Å²) in [6.45, 7) is -0.988. The second-order valence-corrected chi connectivity index (χ2v) is 7.88. The zero-order valence-corrected chi connectivity index (χ0v) is 18.7. The lowest BCUT2D eigenvalue weighted by atomic mass is 10.0. The van der Waals surface area contributed by atoms with E-state index in [1.165, 1.54) is 0 Å². The van der Waals surface area contributed by atoms with Crippen molar-refractivity contribution in [1.82, 2.24) is 0 Å². The van der Waals surface area contributed by atoms with Crippen molar-refractivity contribution in [2.75, 3.05) is 33.0 Å². The molecule has 0 aromatic carbocycles. The van der Waals surface area contributed by atoms with Gasteiger partial charge < -0.3 is 64.2 Å². The van der Waals surface area contributed by atoms with E-state index in [2.05, 4.69) is 10.0 Å². The Morgan fingerprint density at radius 2 is 1.33 bits per heavy atom. The summed E-state index contributed by atoms with van der Waals surface area (Å²) in [5, 5.41) is 73.9. The summed E-state index contributed by atoms with van der Waals surface area (Å²) in [6.07, 6.45) is -16.9. The largest absolute Gasteiger partial charge is 0.388 e. The average molecular weight is 527 g/mol. The molecule has 36 heavy (non-hydrogen) atoms. The maximum atomic E-state index is 10.6. The van der Waals surface area contributed by atoms with Gasteiger partial charge in [0.1, 0.15) is 54.9 Å². The fourth-order valence-electron chi connectivity index (χ4n) is 3.58. The van der Waals surface area contributed by atoms with Gasteiger partial charge in [-0.05, 0) is 5.53 Å². The van der Waals surface area contributed by atoms with Crippen molar-refractivity contribution < 1.29 is 73.8 Å². The summed E-state index contributed by atoms with van der Waals surface area (Å²) in [5.41, 5.74) is 8.24. The Hall–Kier alpha value is -1.83. The van der Waals surface area contributed by atoms with Crippen molar-refractivity contribution in [3.63, 3.8) is 0 Å². The number of rotatable bonds is 8. The number of ether oxygens (including phenoxy) is 6. The third kappa shape index (κ3) is 7.83. The molecule has 206 valence electrons. The number of aliphatic hydroxyl groups is 7. The molecule has 3 saturated heterocycles. The van der Waals surface area contributed by atoms with Crippen LogP contribution in [0.2, 0.25) is 0 Å². The number of nitrogens with zero attached hydrogens (tertiary/aromatic N) is 3. The van der Waals surface area contributed by atoms with Gasteiger partial charge >= 0.3 is 6.15 Å². The van der Waals surface area contributed by atoms with E-state index in [1.807, 2.05) is 0 Å². The Morgan fingerprint density at radius 1 is 0.778 bits per heavy atom. The van der Waals surface area contributed by atoms with E-state index in [0.29, 0.717) is 0 Å². The van der Waals surface area contributed by atoms with Gasteiger partial charge in [0.15, 0.2) is 18.9 Å². The van der Waals surface area contributed by atoms with Gasteiger partial charge in [-0.25, -0.2) is 0 Å². The number of azide groups is 1. The standard InChI is InChI=1S/C17H29N3O13.CO2/c18-20-19-1-2-28-15-12(26)10(24)8(5-31-15)32-17-13(27)14(7(22)4-30-17)33-16-11(25)9(23)6(21)3-29-16;2-1-3/h6-17,21-27H,1-5H2;/t6-,7-,8-,9+,10+,11?,12?,13?,14+,15-,16-,17+;/m1./s1. The third-order valence-corrected chi connectivity index (χ3v) is 5.45.